The second kappa shape index (κ2) is 7.59. The summed E-state index contributed by atoms with van der Waals surface area (Å²) in [5, 5.41) is 0. The van der Waals surface area contributed by atoms with E-state index in [0.29, 0.717) is 30.4 Å². The van der Waals surface area contributed by atoms with E-state index in [1.54, 1.807) is 19.2 Å². The van der Waals surface area contributed by atoms with Gasteiger partial charge in [0.1, 0.15) is 5.75 Å². The van der Waals surface area contributed by atoms with Crippen LogP contribution < -0.4 is 19.9 Å². The monoisotopic (exact) mass is 301 g/mol. The Morgan fingerprint density at radius 2 is 1.64 bits per heavy atom. The Balaban J connectivity index is 1.76. The van der Waals surface area contributed by atoms with E-state index in [1.807, 2.05) is 12.1 Å². The molecule has 0 aliphatic rings. The molecule has 0 spiro atoms. The molecule has 0 atom stereocenters. The molecule has 0 amide bonds. The first-order chi connectivity index (χ1) is 10.6. The average molecular weight is 301 g/mol. The van der Waals surface area contributed by atoms with Gasteiger partial charge in [-0.05, 0) is 49.2 Å². The van der Waals surface area contributed by atoms with Gasteiger partial charge in [-0.15, -0.1) is 0 Å². The summed E-state index contributed by atoms with van der Waals surface area (Å²) in [6, 6.07) is 11.5. The number of nitrogens with two attached hydrogens (primary N) is 1. The van der Waals surface area contributed by atoms with Crippen LogP contribution in [-0.4, -0.2) is 20.3 Å². The van der Waals surface area contributed by atoms with Gasteiger partial charge in [0.25, 0.3) is 0 Å². The molecule has 0 unspecified atom stereocenters. The predicted octanol–water partition coefficient (Wildman–Crippen LogP) is 3.74. The van der Waals surface area contributed by atoms with Crippen molar-refractivity contribution in [3.63, 3.8) is 0 Å². The maximum absolute atomic E-state index is 5.72. The van der Waals surface area contributed by atoms with Gasteiger partial charge in [-0.3, -0.25) is 0 Å². The van der Waals surface area contributed by atoms with Crippen molar-refractivity contribution in [2.24, 2.45) is 0 Å². The summed E-state index contributed by atoms with van der Waals surface area (Å²) in [4.78, 5) is 0. The van der Waals surface area contributed by atoms with Crippen molar-refractivity contribution >= 4 is 5.69 Å². The minimum absolute atomic E-state index is 0.561. The first-order valence-electron chi connectivity index (χ1n) is 7.36. The quantitative estimate of drug-likeness (QED) is 0.625. The van der Waals surface area contributed by atoms with Crippen LogP contribution in [0.1, 0.15) is 17.5 Å². The lowest BCUT2D eigenvalue weighted by molar-refractivity contribution is 0.240. The van der Waals surface area contributed by atoms with E-state index in [0.717, 1.165) is 12.2 Å². The molecule has 4 heteroatoms. The third-order valence-corrected chi connectivity index (χ3v) is 3.48. The first-order valence-corrected chi connectivity index (χ1v) is 7.36. The summed E-state index contributed by atoms with van der Waals surface area (Å²) < 4.78 is 16.7. The third kappa shape index (κ3) is 4.32. The summed E-state index contributed by atoms with van der Waals surface area (Å²) in [5.41, 5.74) is 8.87. The van der Waals surface area contributed by atoms with Crippen LogP contribution in [0.15, 0.2) is 36.4 Å². The fraction of sp³-hybridized carbons (Fsp3) is 0.333. The number of nitrogen functional groups attached to an aromatic ring is 1. The Kier molecular flexibility index (Phi) is 5.53. The van der Waals surface area contributed by atoms with Crippen molar-refractivity contribution in [3.8, 4) is 17.2 Å². The molecule has 0 aromatic heterocycles. The summed E-state index contributed by atoms with van der Waals surface area (Å²) in [6.07, 6.45) is 0.792. The molecule has 0 saturated carbocycles. The Hall–Kier alpha value is -2.36. The van der Waals surface area contributed by atoms with Crippen LogP contribution in [0, 0.1) is 13.8 Å². The Morgan fingerprint density at radius 3 is 2.36 bits per heavy atom. The number of benzene rings is 2. The van der Waals surface area contributed by atoms with Gasteiger partial charge in [0, 0.05) is 18.2 Å². The van der Waals surface area contributed by atoms with Gasteiger partial charge in [0.05, 0.1) is 20.3 Å². The molecule has 0 radical (unpaired) electrons. The Bertz CT molecular complexity index is 626. The van der Waals surface area contributed by atoms with Crippen LogP contribution in [0.25, 0.3) is 0 Å². The highest BCUT2D eigenvalue weighted by molar-refractivity contribution is 5.51. The fourth-order valence-corrected chi connectivity index (χ4v) is 2.04. The van der Waals surface area contributed by atoms with E-state index < -0.39 is 0 Å². The molecule has 4 nitrogen and oxygen atoms in total. The van der Waals surface area contributed by atoms with Gasteiger partial charge in [0.2, 0.25) is 0 Å². The van der Waals surface area contributed by atoms with Crippen LogP contribution in [0.2, 0.25) is 0 Å². The zero-order valence-corrected chi connectivity index (χ0v) is 13.4. The van der Waals surface area contributed by atoms with Gasteiger partial charge in [-0.2, -0.15) is 0 Å². The second-order valence-electron chi connectivity index (χ2n) is 5.21. The van der Waals surface area contributed by atoms with Crippen molar-refractivity contribution in [1.82, 2.24) is 0 Å². The molecule has 2 rings (SSSR count). The minimum atomic E-state index is 0.561. The van der Waals surface area contributed by atoms with Crippen LogP contribution in [-0.2, 0) is 0 Å². The van der Waals surface area contributed by atoms with Crippen molar-refractivity contribution in [3.05, 3.63) is 47.5 Å². The topological polar surface area (TPSA) is 53.7 Å². The van der Waals surface area contributed by atoms with Gasteiger partial charge >= 0.3 is 0 Å². The maximum Gasteiger partial charge on any atom is 0.162 e. The van der Waals surface area contributed by atoms with Crippen molar-refractivity contribution in [2.45, 2.75) is 20.3 Å². The summed E-state index contributed by atoms with van der Waals surface area (Å²) >= 11 is 0. The molecule has 0 aliphatic carbocycles. The highest BCUT2D eigenvalue weighted by Gasteiger charge is 2.04. The normalized spacial score (nSPS) is 10.3. The fourth-order valence-electron chi connectivity index (χ4n) is 2.04. The smallest absolute Gasteiger partial charge is 0.162 e. The first kappa shape index (κ1) is 16.0. The van der Waals surface area contributed by atoms with E-state index in [-0.39, 0.29) is 0 Å². The molecule has 2 N–H and O–H groups in total. The molecule has 2 aromatic carbocycles. The number of rotatable bonds is 7. The molecule has 2 aromatic rings. The molecule has 118 valence electrons. The van der Waals surface area contributed by atoms with Gasteiger partial charge in [0.15, 0.2) is 11.5 Å². The minimum Gasteiger partial charge on any atom is -0.493 e. The molecule has 0 bridgehead atoms. The lowest BCUT2D eigenvalue weighted by atomic mass is 10.1. The summed E-state index contributed by atoms with van der Waals surface area (Å²) in [6.45, 7) is 5.34. The van der Waals surface area contributed by atoms with Crippen LogP contribution in [0.3, 0.4) is 0 Å². The lowest BCUT2D eigenvalue weighted by Gasteiger charge is -2.12. The molecule has 0 aliphatic heterocycles. The zero-order valence-electron chi connectivity index (χ0n) is 13.4. The standard InChI is InChI=1S/C18H23NO3/c1-13-5-7-16(11-14(13)2)21-9-4-10-22-17-8-6-15(19)12-18(17)20-3/h5-8,11-12H,4,9-10,19H2,1-3H3. The van der Waals surface area contributed by atoms with Gasteiger partial charge in [-0.1, -0.05) is 6.07 Å². The summed E-state index contributed by atoms with van der Waals surface area (Å²) in [7, 11) is 1.60. The Labute approximate surface area is 131 Å². The highest BCUT2D eigenvalue weighted by Crippen LogP contribution is 2.29. The predicted molar refractivity (Wildman–Crippen MR) is 88.9 cm³/mol. The summed E-state index contributed by atoms with van der Waals surface area (Å²) in [5.74, 6) is 2.24. The molecule has 0 fully saturated rings. The molecule has 22 heavy (non-hydrogen) atoms. The SMILES string of the molecule is COc1cc(N)ccc1OCCCOc1ccc(C)c(C)c1. The number of hydrogen-bond acceptors (Lipinski definition) is 4. The number of hydrogen-bond donors (Lipinski definition) is 1. The van der Waals surface area contributed by atoms with Crippen molar-refractivity contribution in [2.75, 3.05) is 26.1 Å². The second-order valence-corrected chi connectivity index (χ2v) is 5.21. The number of ether oxygens (including phenoxy) is 3. The average Bonchev–Trinajstić information content (AvgIpc) is 2.51. The third-order valence-electron chi connectivity index (χ3n) is 3.48. The van der Waals surface area contributed by atoms with Gasteiger partial charge in [-0.25, -0.2) is 0 Å². The van der Waals surface area contributed by atoms with Gasteiger partial charge < -0.3 is 19.9 Å². The maximum atomic E-state index is 5.72. The van der Waals surface area contributed by atoms with E-state index >= 15 is 0 Å². The zero-order chi connectivity index (χ0) is 15.9. The van der Waals surface area contributed by atoms with E-state index in [9.17, 15) is 0 Å². The molecular formula is C18H23NO3. The Morgan fingerprint density at radius 1 is 0.864 bits per heavy atom. The number of anilines is 1. The van der Waals surface area contributed by atoms with E-state index in [2.05, 4.69) is 26.0 Å². The highest BCUT2D eigenvalue weighted by atomic mass is 16.5. The van der Waals surface area contributed by atoms with Crippen LogP contribution in [0.4, 0.5) is 5.69 Å². The van der Waals surface area contributed by atoms with Crippen molar-refractivity contribution < 1.29 is 14.2 Å². The lowest BCUT2D eigenvalue weighted by Crippen LogP contribution is -2.06. The van der Waals surface area contributed by atoms with Crippen molar-refractivity contribution in [1.29, 1.82) is 0 Å². The van der Waals surface area contributed by atoms with E-state index in [1.165, 1.54) is 11.1 Å². The van der Waals surface area contributed by atoms with Crippen LogP contribution in [0.5, 0.6) is 17.2 Å². The molecule has 0 heterocycles. The number of aryl methyl sites for hydroxylation is 2. The van der Waals surface area contributed by atoms with Crippen LogP contribution >= 0.6 is 0 Å². The van der Waals surface area contributed by atoms with E-state index in [4.69, 9.17) is 19.9 Å². The molecule has 0 saturated heterocycles. The number of methoxy groups -OCH3 is 1. The molecular weight excluding hydrogens is 278 g/mol. The largest absolute Gasteiger partial charge is 0.493 e.